The number of alkyl halides is 3. The normalized spacial score (nSPS) is 11.4. The maximum atomic E-state index is 13.1. The number of rotatable bonds is 6. The maximum absolute atomic E-state index is 13.1. The van der Waals surface area contributed by atoms with Gasteiger partial charge in [-0.3, -0.25) is 9.59 Å². The summed E-state index contributed by atoms with van der Waals surface area (Å²) in [6, 6.07) is 13.0. The van der Waals surface area contributed by atoms with Crippen LogP contribution in [0.25, 0.3) is 5.69 Å². The van der Waals surface area contributed by atoms with Gasteiger partial charge in [0, 0.05) is 25.4 Å². The number of ether oxygens (including phenoxy) is 1. The Morgan fingerprint density at radius 1 is 1.10 bits per heavy atom. The number of aromatic nitrogens is 2. The first-order valence-electron chi connectivity index (χ1n) is 9.33. The van der Waals surface area contributed by atoms with Crippen LogP contribution in [0.4, 0.5) is 13.2 Å². The van der Waals surface area contributed by atoms with Gasteiger partial charge < -0.3 is 10.1 Å². The average Bonchev–Trinajstić information content (AvgIpc) is 2.73. The molecule has 0 unspecified atom stereocenters. The molecule has 0 spiro atoms. The van der Waals surface area contributed by atoms with Gasteiger partial charge in [0.15, 0.2) is 5.69 Å². The lowest BCUT2D eigenvalue weighted by atomic mass is 10.1. The van der Waals surface area contributed by atoms with Crippen LogP contribution in [-0.2, 0) is 24.1 Å². The molecule has 31 heavy (non-hydrogen) atoms. The van der Waals surface area contributed by atoms with Crippen molar-refractivity contribution >= 4 is 5.91 Å². The molecular formula is C22H20F3N3O3. The van der Waals surface area contributed by atoms with E-state index < -0.39 is 28.8 Å². The third-order valence-corrected chi connectivity index (χ3v) is 4.60. The molecule has 0 aliphatic rings. The highest BCUT2D eigenvalue weighted by molar-refractivity contribution is 5.92. The van der Waals surface area contributed by atoms with E-state index in [9.17, 15) is 22.8 Å². The molecule has 1 heterocycles. The molecule has 0 aliphatic carbocycles. The van der Waals surface area contributed by atoms with Crippen LogP contribution in [0.5, 0.6) is 0 Å². The highest BCUT2D eigenvalue weighted by Crippen LogP contribution is 2.30. The summed E-state index contributed by atoms with van der Waals surface area (Å²) in [7, 11) is 1.56. The zero-order valence-corrected chi connectivity index (χ0v) is 16.9. The molecule has 2 aromatic carbocycles. The second kappa shape index (κ2) is 9.13. The van der Waals surface area contributed by atoms with Gasteiger partial charge in [-0.15, -0.1) is 0 Å². The lowest BCUT2D eigenvalue weighted by Gasteiger charge is -2.14. The summed E-state index contributed by atoms with van der Waals surface area (Å²) in [6.07, 6.45) is -4.53. The third kappa shape index (κ3) is 5.18. The van der Waals surface area contributed by atoms with Crippen molar-refractivity contribution in [2.75, 3.05) is 7.11 Å². The van der Waals surface area contributed by atoms with E-state index >= 15 is 0 Å². The van der Waals surface area contributed by atoms with E-state index in [-0.39, 0.29) is 12.2 Å². The smallest absolute Gasteiger partial charge is 0.380 e. The van der Waals surface area contributed by atoms with Crippen molar-refractivity contribution in [3.63, 3.8) is 0 Å². The van der Waals surface area contributed by atoms with Crippen molar-refractivity contribution in [3.05, 3.63) is 92.9 Å². The molecule has 0 saturated carbocycles. The fourth-order valence-corrected chi connectivity index (χ4v) is 3.07. The zero-order chi connectivity index (χ0) is 22.6. The van der Waals surface area contributed by atoms with Gasteiger partial charge in [0.25, 0.3) is 5.91 Å². The number of benzene rings is 2. The van der Waals surface area contributed by atoms with Crippen LogP contribution in [-0.4, -0.2) is 22.8 Å². The second-order valence-corrected chi connectivity index (χ2v) is 6.84. The van der Waals surface area contributed by atoms with Gasteiger partial charge in [0.1, 0.15) is 0 Å². The molecule has 1 N–H and O–H groups in total. The first kappa shape index (κ1) is 22.2. The van der Waals surface area contributed by atoms with Gasteiger partial charge in [-0.05, 0) is 36.2 Å². The largest absolute Gasteiger partial charge is 0.416 e. The van der Waals surface area contributed by atoms with Crippen LogP contribution in [0.2, 0.25) is 0 Å². The topological polar surface area (TPSA) is 73.2 Å². The number of nitrogens with zero attached hydrogens (tertiary/aromatic N) is 2. The molecule has 0 aliphatic heterocycles. The molecular weight excluding hydrogens is 411 g/mol. The number of hydrogen-bond donors (Lipinski definition) is 1. The Labute approximate surface area is 176 Å². The van der Waals surface area contributed by atoms with Crippen LogP contribution in [0, 0.1) is 6.92 Å². The monoisotopic (exact) mass is 431 g/mol. The summed E-state index contributed by atoms with van der Waals surface area (Å²) >= 11 is 0. The van der Waals surface area contributed by atoms with Gasteiger partial charge >= 0.3 is 6.18 Å². The molecule has 0 bridgehead atoms. The van der Waals surface area contributed by atoms with E-state index in [1.807, 2.05) is 24.3 Å². The van der Waals surface area contributed by atoms with Crippen molar-refractivity contribution < 1.29 is 22.7 Å². The summed E-state index contributed by atoms with van der Waals surface area (Å²) in [4.78, 5) is 25.0. The van der Waals surface area contributed by atoms with Gasteiger partial charge in [0.2, 0.25) is 5.43 Å². The van der Waals surface area contributed by atoms with Crippen molar-refractivity contribution in [1.82, 2.24) is 15.1 Å². The summed E-state index contributed by atoms with van der Waals surface area (Å²) < 4.78 is 45.4. The fourth-order valence-electron chi connectivity index (χ4n) is 3.07. The minimum atomic E-state index is -4.53. The predicted molar refractivity (Wildman–Crippen MR) is 108 cm³/mol. The van der Waals surface area contributed by atoms with Crippen molar-refractivity contribution in [2.24, 2.45) is 0 Å². The summed E-state index contributed by atoms with van der Waals surface area (Å²) in [5.74, 6) is -0.724. The van der Waals surface area contributed by atoms with E-state index in [2.05, 4.69) is 10.4 Å². The number of amides is 1. The molecule has 3 rings (SSSR count). The number of aryl methyl sites for hydroxylation is 1. The molecule has 0 saturated heterocycles. The Kier molecular flexibility index (Phi) is 6.55. The van der Waals surface area contributed by atoms with E-state index in [0.717, 1.165) is 27.9 Å². The first-order valence-corrected chi connectivity index (χ1v) is 9.33. The van der Waals surface area contributed by atoms with Crippen LogP contribution < -0.4 is 10.7 Å². The third-order valence-electron chi connectivity index (χ3n) is 4.60. The van der Waals surface area contributed by atoms with Gasteiger partial charge in [-0.25, -0.2) is 4.68 Å². The van der Waals surface area contributed by atoms with E-state index in [1.54, 1.807) is 7.11 Å². The van der Waals surface area contributed by atoms with E-state index in [4.69, 9.17) is 4.74 Å². The van der Waals surface area contributed by atoms with Crippen LogP contribution >= 0.6 is 0 Å². The van der Waals surface area contributed by atoms with Crippen LogP contribution in [0.3, 0.4) is 0 Å². The van der Waals surface area contributed by atoms with Crippen LogP contribution in [0.15, 0.2) is 59.4 Å². The number of nitrogens with one attached hydrogen (secondary N) is 1. The van der Waals surface area contributed by atoms with Crippen molar-refractivity contribution in [1.29, 1.82) is 0 Å². The molecule has 0 radical (unpaired) electrons. The summed E-state index contributed by atoms with van der Waals surface area (Å²) in [5.41, 5.74) is 0.186. The molecule has 6 nitrogen and oxygen atoms in total. The average molecular weight is 431 g/mol. The summed E-state index contributed by atoms with van der Waals surface area (Å²) in [6.45, 7) is 2.02. The lowest BCUT2D eigenvalue weighted by Crippen LogP contribution is -2.32. The van der Waals surface area contributed by atoms with Gasteiger partial charge in [-0.2, -0.15) is 18.3 Å². The highest BCUT2D eigenvalue weighted by atomic mass is 19.4. The minimum absolute atomic E-state index is 0.0896. The Balaban J connectivity index is 1.90. The number of halogens is 3. The molecule has 1 amide bonds. The van der Waals surface area contributed by atoms with Crippen molar-refractivity contribution in [2.45, 2.75) is 26.3 Å². The lowest BCUT2D eigenvalue weighted by molar-refractivity contribution is -0.137. The second-order valence-electron chi connectivity index (χ2n) is 6.84. The Hall–Kier alpha value is -3.46. The SMILES string of the molecule is COCc1ccccc1CNC(=O)c1nn(-c2cccc(C(F)(F)F)c2)c(C)cc1=O. The predicted octanol–water partition coefficient (Wildman–Crippen LogP) is 3.64. The minimum Gasteiger partial charge on any atom is -0.380 e. The molecule has 9 heteroatoms. The van der Waals surface area contributed by atoms with E-state index in [1.165, 1.54) is 25.1 Å². The number of hydrogen-bond acceptors (Lipinski definition) is 4. The first-order chi connectivity index (χ1) is 14.7. The summed E-state index contributed by atoms with van der Waals surface area (Å²) in [5, 5.41) is 6.67. The Morgan fingerprint density at radius 3 is 2.48 bits per heavy atom. The van der Waals surface area contributed by atoms with E-state index in [0.29, 0.717) is 12.3 Å². The standard InChI is InChI=1S/C22H20F3N3O3/c1-14-10-19(29)20(21(30)26-12-15-6-3-4-7-16(15)13-31-2)27-28(14)18-9-5-8-17(11-18)22(23,24)25/h3-11H,12-13H2,1-2H3,(H,26,30). The molecule has 0 atom stereocenters. The molecule has 162 valence electrons. The van der Waals surface area contributed by atoms with Gasteiger partial charge in [0.05, 0.1) is 17.9 Å². The van der Waals surface area contributed by atoms with Crippen LogP contribution in [0.1, 0.15) is 32.9 Å². The number of carbonyl (C=O) groups excluding carboxylic acids is 1. The molecule has 1 aromatic heterocycles. The molecule has 3 aromatic rings. The quantitative estimate of drug-likeness (QED) is 0.647. The highest BCUT2D eigenvalue weighted by Gasteiger charge is 2.30. The zero-order valence-electron chi connectivity index (χ0n) is 16.9. The van der Waals surface area contributed by atoms with Crippen molar-refractivity contribution in [3.8, 4) is 5.69 Å². The molecule has 0 fully saturated rings. The maximum Gasteiger partial charge on any atom is 0.416 e. The Bertz CT molecular complexity index is 1160. The fraction of sp³-hybridized carbons (Fsp3) is 0.227. The number of methoxy groups -OCH3 is 1. The number of carbonyl (C=O) groups is 1. The van der Waals surface area contributed by atoms with Gasteiger partial charge in [-0.1, -0.05) is 30.3 Å². The Morgan fingerprint density at radius 2 is 1.81 bits per heavy atom.